The summed E-state index contributed by atoms with van der Waals surface area (Å²) in [6.07, 6.45) is 3.90. The van der Waals surface area contributed by atoms with Crippen molar-refractivity contribution < 1.29 is 13.9 Å². The normalized spacial score (nSPS) is 14.4. The second-order valence-corrected chi connectivity index (χ2v) is 9.74. The molecule has 0 spiro atoms. The van der Waals surface area contributed by atoms with Gasteiger partial charge in [-0.25, -0.2) is 0 Å². The standard InChI is InChI=1S/C28H33ClN2O3/c1-19(2)24-16-25(29)20(3)15-27(24)33-18-23-11-12-26(34-23)28(32)30-22-9-7-21(8-10-22)17-31-13-5-4-6-14-31/h7-12,15-16,19H,4-6,13-14,17-18H2,1-3H3,(H,30,32). The minimum Gasteiger partial charge on any atom is -0.485 e. The van der Waals surface area contributed by atoms with Crippen molar-refractivity contribution in [3.8, 4) is 5.75 Å². The van der Waals surface area contributed by atoms with Crippen molar-refractivity contribution in [2.75, 3.05) is 18.4 Å². The third-order valence-corrected chi connectivity index (χ3v) is 6.64. The Balaban J connectivity index is 1.33. The monoisotopic (exact) mass is 480 g/mol. The molecule has 1 amide bonds. The highest BCUT2D eigenvalue weighted by Gasteiger charge is 2.15. The molecule has 1 fully saturated rings. The lowest BCUT2D eigenvalue weighted by molar-refractivity contribution is 0.0992. The number of benzene rings is 2. The molecule has 5 nitrogen and oxygen atoms in total. The van der Waals surface area contributed by atoms with Crippen LogP contribution in [0.25, 0.3) is 0 Å². The van der Waals surface area contributed by atoms with Gasteiger partial charge in [0.25, 0.3) is 5.91 Å². The minimum absolute atomic E-state index is 0.235. The lowest BCUT2D eigenvalue weighted by Gasteiger charge is -2.26. The summed E-state index contributed by atoms with van der Waals surface area (Å²) in [5.41, 5.74) is 4.02. The molecule has 2 heterocycles. The van der Waals surface area contributed by atoms with Crippen molar-refractivity contribution >= 4 is 23.2 Å². The average molecular weight is 481 g/mol. The van der Waals surface area contributed by atoms with Crippen molar-refractivity contribution in [2.45, 2.75) is 59.1 Å². The second-order valence-electron chi connectivity index (χ2n) is 9.34. The number of likely N-dealkylation sites (tertiary alicyclic amines) is 1. The van der Waals surface area contributed by atoms with Crippen molar-refractivity contribution in [1.29, 1.82) is 0 Å². The van der Waals surface area contributed by atoms with E-state index in [0.717, 1.165) is 34.1 Å². The van der Waals surface area contributed by atoms with Gasteiger partial charge in [-0.15, -0.1) is 0 Å². The Bertz CT molecular complexity index is 1120. The quantitative estimate of drug-likeness (QED) is 0.371. The number of hydrogen-bond acceptors (Lipinski definition) is 4. The molecule has 0 atom stereocenters. The number of amides is 1. The van der Waals surface area contributed by atoms with Gasteiger partial charge in [0.1, 0.15) is 18.1 Å². The molecule has 2 aromatic carbocycles. The van der Waals surface area contributed by atoms with Gasteiger partial charge in [0.15, 0.2) is 5.76 Å². The minimum atomic E-state index is -0.278. The Labute approximate surface area is 207 Å². The Morgan fingerprint density at radius 1 is 1.09 bits per heavy atom. The van der Waals surface area contributed by atoms with Crippen LogP contribution in [-0.2, 0) is 13.2 Å². The number of piperidine rings is 1. The van der Waals surface area contributed by atoms with Crippen LogP contribution in [0.5, 0.6) is 5.75 Å². The van der Waals surface area contributed by atoms with E-state index in [1.807, 2.05) is 31.2 Å². The van der Waals surface area contributed by atoms with Gasteiger partial charge in [0, 0.05) is 17.3 Å². The first kappa shape index (κ1) is 24.4. The average Bonchev–Trinajstić information content (AvgIpc) is 3.31. The molecule has 1 N–H and O–H groups in total. The molecule has 34 heavy (non-hydrogen) atoms. The Morgan fingerprint density at radius 2 is 1.82 bits per heavy atom. The van der Waals surface area contributed by atoms with Gasteiger partial charge in [-0.2, -0.15) is 0 Å². The van der Waals surface area contributed by atoms with Crippen molar-refractivity contribution in [1.82, 2.24) is 4.90 Å². The molecule has 6 heteroatoms. The van der Waals surface area contributed by atoms with E-state index in [0.29, 0.717) is 5.76 Å². The fraction of sp³-hybridized carbons (Fsp3) is 0.393. The third kappa shape index (κ3) is 6.22. The Hall–Kier alpha value is -2.76. The smallest absolute Gasteiger partial charge is 0.291 e. The predicted molar refractivity (Wildman–Crippen MR) is 137 cm³/mol. The number of carbonyl (C=O) groups is 1. The maximum absolute atomic E-state index is 12.7. The van der Waals surface area contributed by atoms with Crippen LogP contribution >= 0.6 is 11.6 Å². The van der Waals surface area contributed by atoms with Crippen molar-refractivity contribution in [3.05, 3.63) is 81.8 Å². The lowest BCUT2D eigenvalue weighted by Crippen LogP contribution is -2.29. The number of hydrogen-bond donors (Lipinski definition) is 1. The lowest BCUT2D eigenvalue weighted by atomic mass is 10.0. The van der Waals surface area contributed by atoms with E-state index in [4.69, 9.17) is 20.8 Å². The zero-order chi connectivity index (χ0) is 24.1. The van der Waals surface area contributed by atoms with Gasteiger partial charge in [0.05, 0.1) is 0 Å². The Kier molecular flexibility index (Phi) is 7.96. The fourth-order valence-electron chi connectivity index (χ4n) is 4.23. The molecular formula is C28H33ClN2O3. The zero-order valence-electron chi connectivity index (χ0n) is 20.2. The highest BCUT2D eigenvalue weighted by Crippen LogP contribution is 2.32. The van der Waals surface area contributed by atoms with E-state index in [1.165, 1.54) is 37.9 Å². The molecule has 3 aromatic rings. The van der Waals surface area contributed by atoms with Gasteiger partial charge >= 0.3 is 0 Å². The number of ether oxygens (including phenoxy) is 1. The maximum atomic E-state index is 12.7. The van der Waals surface area contributed by atoms with Gasteiger partial charge in [-0.05, 0) is 91.9 Å². The van der Waals surface area contributed by atoms with Gasteiger partial charge in [-0.3, -0.25) is 9.69 Å². The van der Waals surface area contributed by atoms with Crippen LogP contribution in [-0.4, -0.2) is 23.9 Å². The van der Waals surface area contributed by atoms with Crippen LogP contribution < -0.4 is 10.1 Å². The summed E-state index contributed by atoms with van der Waals surface area (Å²) in [7, 11) is 0. The molecule has 1 aromatic heterocycles. The maximum Gasteiger partial charge on any atom is 0.291 e. The van der Waals surface area contributed by atoms with Crippen LogP contribution in [0.15, 0.2) is 52.9 Å². The van der Waals surface area contributed by atoms with Crippen LogP contribution in [0.4, 0.5) is 5.69 Å². The number of rotatable bonds is 8. The van der Waals surface area contributed by atoms with Crippen LogP contribution in [0.1, 0.15) is 72.0 Å². The number of halogens is 1. The molecule has 0 unspecified atom stereocenters. The highest BCUT2D eigenvalue weighted by atomic mass is 35.5. The molecule has 1 saturated heterocycles. The summed E-state index contributed by atoms with van der Waals surface area (Å²) in [5, 5.41) is 3.64. The summed E-state index contributed by atoms with van der Waals surface area (Å²) >= 11 is 6.28. The first-order valence-corrected chi connectivity index (χ1v) is 12.4. The molecule has 0 radical (unpaired) electrons. The van der Waals surface area contributed by atoms with Crippen LogP contribution in [0.2, 0.25) is 5.02 Å². The third-order valence-electron chi connectivity index (χ3n) is 6.24. The molecular weight excluding hydrogens is 448 g/mol. The largest absolute Gasteiger partial charge is 0.485 e. The van der Waals surface area contributed by atoms with Crippen molar-refractivity contribution in [3.63, 3.8) is 0 Å². The number of furan rings is 1. The fourth-order valence-corrected chi connectivity index (χ4v) is 4.41. The number of anilines is 1. The topological polar surface area (TPSA) is 54.7 Å². The van der Waals surface area contributed by atoms with Crippen molar-refractivity contribution in [2.24, 2.45) is 0 Å². The first-order valence-electron chi connectivity index (χ1n) is 12.0. The second kappa shape index (κ2) is 11.1. The summed E-state index contributed by atoms with van der Waals surface area (Å²) in [6.45, 7) is 9.68. The molecule has 0 bridgehead atoms. The Morgan fingerprint density at radius 3 is 2.53 bits per heavy atom. The molecule has 0 saturated carbocycles. The van der Waals surface area contributed by atoms with Gasteiger partial charge in [-0.1, -0.05) is 44.0 Å². The molecule has 180 valence electrons. The van der Waals surface area contributed by atoms with E-state index >= 15 is 0 Å². The summed E-state index contributed by atoms with van der Waals surface area (Å²) in [4.78, 5) is 15.1. The summed E-state index contributed by atoms with van der Waals surface area (Å²) < 4.78 is 11.8. The van der Waals surface area contributed by atoms with Crippen LogP contribution in [0.3, 0.4) is 0 Å². The van der Waals surface area contributed by atoms with E-state index < -0.39 is 0 Å². The SMILES string of the molecule is Cc1cc(OCc2ccc(C(=O)Nc3ccc(CN4CCCCC4)cc3)o2)c(C(C)C)cc1Cl. The molecule has 0 aliphatic carbocycles. The zero-order valence-corrected chi connectivity index (χ0v) is 21.0. The summed E-state index contributed by atoms with van der Waals surface area (Å²) in [5.74, 6) is 1.62. The molecule has 1 aliphatic rings. The number of nitrogens with one attached hydrogen (secondary N) is 1. The highest BCUT2D eigenvalue weighted by molar-refractivity contribution is 6.31. The van der Waals surface area contributed by atoms with E-state index in [2.05, 4.69) is 36.2 Å². The molecule has 1 aliphatic heterocycles. The summed E-state index contributed by atoms with van der Waals surface area (Å²) in [6, 6.07) is 15.4. The number of nitrogens with zero attached hydrogens (tertiary/aromatic N) is 1. The molecule has 4 rings (SSSR count). The first-order chi connectivity index (χ1) is 16.4. The van der Waals surface area contributed by atoms with E-state index in [9.17, 15) is 4.79 Å². The van der Waals surface area contributed by atoms with Gasteiger partial charge in [0.2, 0.25) is 0 Å². The number of carbonyl (C=O) groups excluding carboxylic acids is 1. The predicted octanol–water partition coefficient (Wildman–Crippen LogP) is 7.18. The van der Waals surface area contributed by atoms with E-state index in [1.54, 1.807) is 12.1 Å². The van der Waals surface area contributed by atoms with Gasteiger partial charge < -0.3 is 14.5 Å². The number of aryl methyl sites for hydroxylation is 1. The van der Waals surface area contributed by atoms with E-state index in [-0.39, 0.29) is 24.2 Å². The van der Waals surface area contributed by atoms with Crippen LogP contribution in [0, 0.1) is 6.92 Å².